The lowest BCUT2D eigenvalue weighted by Gasteiger charge is -2.02. The molecule has 1 amide bonds. The zero-order valence-corrected chi connectivity index (χ0v) is 14.1. The molecule has 0 radical (unpaired) electrons. The van der Waals surface area contributed by atoms with E-state index in [4.69, 9.17) is 0 Å². The maximum absolute atomic E-state index is 12.2. The van der Waals surface area contributed by atoms with Gasteiger partial charge in [-0.15, -0.1) is 11.3 Å². The van der Waals surface area contributed by atoms with Gasteiger partial charge in [0, 0.05) is 28.8 Å². The molecule has 0 aliphatic carbocycles. The van der Waals surface area contributed by atoms with Crippen molar-refractivity contribution in [1.82, 2.24) is 4.98 Å². The quantitative estimate of drug-likeness (QED) is 0.675. The van der Waals surface area contributed by atoms with Gasteiger partial charge >= 0.3 is 0 Å². The van der Waals surface area contributed by atoms with E-state index in [1.165, 1.54) is 16.9 Å². The van der Waals surface area contributed by atoms with Crippen LogP contribution in [-0.4, -0.2) is 10.9 Å². The number of nitrogens with zero attached hydrogens (tertiary/aromatic N) is 1. The Morgan fingerprint density at radius 1 is 1.04 bits per heavy atom. The van der Waals surface area contributed by atoms with Crippen LogP contribution in [0.3, 0.4) is 0 Å². The zero-order valence-electron chi connectivity index (χ0n) is 12.4. The Hall–Kier alpha value is -2.11. The van der Waals surface area contributed by atoms with Gasteiger partial charge in [0.25, 0.3) is 5.91 Å². The number of nitrogens with one attached hydrogen (secondary N) is 1. The van der Waals surface area contributed by atoms with Gasteiger partial charge in [-0.25, -0.2) is 4.98 Å². The number of thiol groups is 1. The smallest absolute Gasteiger partial charge is 0.257 e. The topological polar surface area (TPSA) is 42.0 Å². The van der Waals surface area contributed by atoms with E-state index in [-0.39, 0.29) is 5.91 Å². The molecule has 0 atom stereocenters. The monoisotopic (exact) mass is 340 g/mol. The summed E-state index contributed by atoms with van der Waals surface area (Å²) in [6.45, 7) is 0. The molecule has 0 aliphatic heterocycles. The van der Waals surface area contributed by atoms with Crippen LogP contribution in [0.15, 0.2) is 60.8 Å². The van der Waals surface area contributed by atoms with Gasteiger partial charge in [-0.05, 0) is 23.3 Å². The van der Waals surface area contributed by atoms with E-state index >= 15 is 0 Å². The molecule has 1 N–H and O–H groups in total. The minimum atomic E-state index is -0.142. The molecule has 0 unspecified atom stereocenters. The van der Waals surface area contributed by atoms with Gasteiger partial charge in [-0.3, -0.25) is 10.1 Å². The molecule has 5 heteroatoms. The van der Waals surface area contributed by atoms with E-state index in [9.17, 15) is 4.79 Å². The number of thiazole rings is 1. The summed E-state index contributed by atoms with van der Waals surface area (Å²) in [5.74, 6) is 0.522. The Bertz CT molecular complexity index is 782. The Morgan fingerprint density at radius 2 is 1.78 bits per heavy atom. The highest BCUT2D eigenvalue weighted by Crippen LogP contribution is 2.21. The van der Waals surface area contributed by atoms with Gasteiger partial charge in [0.2, 0.25) is 0 Å². The number of aromatic nitrogens is 1. The standard InChI is InChI=1S/C18H16N2OS2/c21-17(15-8-6-14(12-22)7-9-15)20-18-19-11-16(23-18)10-13-4-2-1-3-5-13/h1-9,11,22H,10,12H2,(H,19,20,21). The van der Waals surface area contributed by atoms with Crippen LogP contribution in [0.5, 0.6) is 0 Å². The van der Waals surface area contributed by atoms with Crippen molar-refractivity contribution >= 4 is 35.0 Å². The molecule has 2 aromatic carbocycles. The molecule has 0 aliphatic rings. The normalized spacial score (nSPS) is 10.5. The number of benzene rings is 2. The van der Waals surface area contributed by atoms with Crippen molar-refractivity contribution in [2.24, 2.45) is 0 Å². The van der Waals surface area contributed by atoms with Crippen LogP contribution in [0.25, 0.3) is 0 Å². The zero-order chi connectivity index (χ0) is 16.1. The molecule has 0 bridgehead atoms. The van der Waals surface area contributed by atoms with Crippen LogP contribution in [0.1, 0.15) is 26.4 Å². The molecule has 1 heterocycles. The first kappa shape index (κ1) is 15.8. The molecule has 23 heavy (non-hydrogen) atoms. The number of carbonyl (C=O) groups excluding carboxylic acids is 1. The third kappa shape index (κ3) is 4.21. The average molecular weight is 340 g/mol. The maximum Gasteiger partial charge on any atom is 0.257 e. The summed E-state index contributed by atoms with van der Waals surface area (Å²) in [6.07, 6.45) is 2.64. The third-order valence-corrected chi connectivity index (χ3v) is 4.67. The lowest BCUT2D eigenvalue weighted by molar-refractivity contribution is 0.102. The van der Waals surface area contributed by atoms with Gasteiger partial charge in [0.05, 0.1) is 0 Å². The van der Waals surface area contributed by atoms with Crippen molar-refractivity contribution in [2.75, 3.05) is 5.32 Å². The SMILES string of the molecule is O=C(Nc1ncc(Cc2ccccc2)s1)c1ccc(CS)cc1. The maximum atomic E-state index is 12.2. The van der Waals surface area contributed by atoms with Gasteiger partial charge in [0.1, 0.15) is 0 Å². The highest BCUT2D eigenvalue weighted by Gasteiger charge is 2.09. The van der Waals surface area contributed by atoms with Crippen LogP contribution >= 0.6 is 24.0 Å². The number of hydrogen-bond donors (Lipinski definition) is 2. The largest absolute Gasteiger partial charge is 0.298 e. The molecule has 116 valence electrons. The van der Waals surface area contributed by atoms with Crippen molar-refractivity contribution in [3.05, 3.63) is 82.4 Å². The molecule has 3 aromatic rings. The van der Waals surface area contributed by atoms with Crippen LogP contribution < -0.4 is 5.32 Å². The molecule has 1 aromatic heterocycles. The molecule has 3 nitrogen and oxygen atoms in total. The Labute approximate surface area is 144 Å². The van der Waals surface area contributed by atoms with Gasteiger partial charge in [-0.2, -0.15) is 12.6 Å². The number of hydrogen-bond acceptors (Lipinski definition) is 4. The fraction of sp³-hybridized carbons (Fsp3) is 0.111. The predicted octanol–water partition coefficient (Wildman–Crippen LogP) is 4.42. The van der Waals surface area contributed by atoms with E-state index < -0.39 is 0 Å². The minimum Gasteiger partial charge on any atom is -0.298 e. The lowest BCUT2D eigenvalue weighted by atomic mass is 10.1. The van der Waals surface area contributed by atoms with Crippen molar-refractivity contribution in [3.8, 4) is 0 Å². The Morgan fingerprint density at radius 3 is 2.48 bits per heavy atom. The first-order chi connectivity index (χ1) is 11.2. The van der Waals surface area contributed by atoms with Crippen molar-refractivity contribution in [3.63, 3.8) is 0 Å². The number of carbonyl (C=O) groups is 1. The summed E-state index contributed by atoms with van der Waals surface area (Å²) < 4.78 is 0. The van der Waals surface area contributed by atoms with E-state index in [1.54, 1.807) is 12.1 Å². The summed E-state index contributed by atoms with van der Waals surface area (Å²) >= 11 is 5.71. The van der Waals surface area contributed by atoms with Crippen molar-refractivity contribution in [2.45, 2.75) is 12.2 Å². The van der Waals surface area contributed by atoms with E-state index in [0.29, 0.717) is 16.4 Å². The number of anilines is 1. The highest BCUT2D eigenvalue weighted by atomic mass is 32.1. The fourth-order valence-electron chi connectivity index (χ4n) is 2.17. The number of amides is 1. The van der Waals surface area contributed by atoms with Gasteiger partial charge in [0.15, 0.2) is 5.13 Å². The second-order valence-electron chi connectivity index (χ2n) is 5.10. The summed E-state index contributed by atoms with van der Waals surface area (Å²) in [7, 11) is 0. The highest BCUT2D eigenvalue weighted by molar-refractivity contribution is 7.79. The van der Waals surface area contributed by atoms with Crippen LogP contribution in [-0.2, 0) is 12.2 Å². The minimum absolute atomic E-state index is 0.142. The fourth-order valence-corrected chi connectivity index (χ4v) is 3.23. The lowest BCUT2D eigenvalue weighted by Crippen LogP contribution is -2.11. The molecule has 3 rings (SSSR count). The van der Waals surface area contributed by atoms with Crippen LogP contribution in [0.4, 0.5) is 5.13 Å². The first-order valence-electron chi connectivity index (χ1n) is 7.24. The molecule has 0 saturated heterocycles. The summed E-state index contributed by atoms with van der Waals surface area (Å²) in [5, 5.41) is 3.48. The predicted molar refractivity (Wildman–Crippen MR) is 98.4 cm³/mol. The van der Waals surface area contributed by atoms with Crippen LogP contribution in [0.2, 0.25) is 0 Å². The Kier molecular flexibility index (Phi) is 5.10. The number of rotatable bonds is 5. The average Bonchev–Trinajstić information content (AvgIpc) is 3.02. The van der Waals surface area contributed by atoms with E-state index in [0.717, 1.165) is 16.9 Å². The summed E-state index contributed by atoms with van der Waals surface area (Å²) in [6, 6.07) is 17.6. The van der Waals surface area contributed by atoms with Crippen LogP contribution in [0, 0.1) is 0 Å². The van der Waals surface area contributed by atoms with Crippen molar-refractivity contribution < 1.29 is 4.79 Å². The first-order valence-corrected chi connectivity index (χ1v) is 8.69. The van der Waals surface area contributed by atoms with Crippen molar-refractivity contribution in [1.29, 1.82) is 0 Å². The Balaban J connectivity index is 1.65. The van der Waals surface area contributed by atoms with E-state index in [1.807, 2.05) is 36.5 Å². The van der Waals surface area contributed by atoms with E-state index in [2.05, 4.69) is 35.1 Å². The second-order valence-corrected chi connectivity index (χ2v) is 6.53. The molecule has 0 saturated carbocycles. The second kappa shape index (κ2) is 7.44. The van der Waals surface area contributed by atoms with Gasteiger partial charge in [-0.1, -0.05) is 42.5 Å². The molecule has 0 spiro atoms. The molecular formula is C18H16N2OS2. The molecular weight excluding hydrogens is 324 g/mol. The molecule has 0 fully saturated rings. The third-order valence-electron chi connectivity index (χ3n) is 3.39. The summed E-state index contributed by atoms with van der Waals surface area (Å²) in [4.78, 5) is 17.6. The summed E-state index contributed by atoms with van der Waals surface area (Å²) in [5.41, 5.74) is 2.94. The van der Waals surface area contributed by atoms with Gasteiger partial charge < -0.3 is 0 Å².